The standard InChI is InChI=1S/C21H18ClFN2O6S/c1-12-17(21(27)30-2)9-15(31-12)11-24-20(26)13-3-5-14(6-4-13)25-32(28,29)16-7-8-19(23)18(22)10-16/h3-10,25H,11H2,1-2H3,(H,24,26). The summed E-state index contributed by atoms with van der Waals surface area (Å²) in [6.07, 6.45) is 0. The first kappa shape index (κ1) is 23.3. The van der Waals surface area contributed by atoms with E-state index >= 15 is 0 Å². The lowest BCUT2D eigenvalue weighted by molar-refractivity contribution is 0.0598. The van der Waals surface area contributed by atoms with Crippen LogP contribution in [0.15, 0.2) is 57.8 Å². The molecule has 1 amide bonds. The van der Waals surface area contributed by atoms with Crippen LogP contribution in [-0.2, 0) is 21.3 Å². The average molecular weight is 481 g/mol. The van der Waals surface area contributed by atoms with Crippen molar-refractivity contribution in [3.05, 3.63) is 82.0 Å². The van der Waals surface area contributed by atoms with Crippen LogP contribution in [0.3, 0.4) is 0 Å². The number of esters is 1. The van der Waals surface area contributed by atoms with Gasteiger partial charge in [-0.25, -0.2) is 17.6 Å². The van der Waals surface area contributed by atoms with Crippen molar-refractivity contribution < 1.29 is 31.6 Å². The quantitative estimate of drug-likeness (QED) is 0.496. The minimum atomic E-state index is -3.99. The number of carbonyl (C=O) groups is 2. The van der Waals surface area contributed by atoms with Gasteiger partial charge in [0.15, 0.2) is 0 Å². The number of aryl methyl sites for hydroxylation is 1. The maximum atomic E-state index is 13.3. The lowest BCUT2D eigenvalue weighted by Gasteiger charge is -2.09. The number of sulfonamides is 1. The second kappa shape index (κ2) is 9.41. The molecular weight excluding hydrogens is 463 g/mol. The van der Waals surface area contributed by atoms with Gasteiger partial charge in [-0.3, -0.25) is 9.52 Å². The minimum absolute atomic E-state index is 0.0381. The molecule has 168 valence electrons. The molecule has 3 rings (SSSR count). The summed E-state index contributed by atoms with van der Waals surface area (Å²) in [6.45, 7) is 1.65. The Kier molecular flexibility index (Phi) is 6.85. The number of furan rings is 1. The number of anilines is 1. The fourth-order valence-corrected chi connectivity index (χ4v) is 4.09. The van der Waals surface area contributed by atoms with Gasteiger partial charge >= 0.3 is 5.97 Å². The highest BCUT2D eigenvalue weighted by molar-refractivity contribution is 7.92. The fraction of sp³-hybridized carbons (Fsp3) is 0.143. The zero-order chi connectivity index (χ0) is 23.5. The van der Waals surface area contributed by atoms with E-state index in [1.807, 2.05) is 0 Å². The van der Waals surface area contributed by atoms with Gasteiger partial charge in [0.05, 0.1) is 23.6 Å². The van der Waals surface area contributed by atoms with Crippen LogP contribution in [0.25, 0.3) is 0 Å². The zero-order valence-corrected chi connectivity index (χ0v) is 18.5. The van der Waals surface area contributed by atoms with Crippen LogP contribution in [0.2, 0.25) is 5.02 Å². The Balaban J connectivity index is 1.64. The van der Waals surface area contributed by atoms with E-state index in [1.54, 1.807) is 6.92 Å². The molecule has 0 radical (unpaired) electrons. The number of nitrogens with one attached hydrogen (secondary N) is 2. The third-order valence-corrected chi connectivity index (χ3v) is 6.07. The highest BCUT2D eigenvalue weighted by atomic mass is 35.5. The summed E-state index contributed by atoms with van der Waals surface area (Å²) in [6, 6.07) is 10.2. The molecule has 11 heteroatoms. The van der Waals surface area contributed by atoms with Gasteiger partial charge in [-0.2, -0.15) is 0 Å². The van der Waals surface area contributed by atoms with E-state index in [2.05, 4.69) is 14.8 Å². The Morgan fingerprint density at radius 3 is 2.44 bits per heavy atom. The molecule has 0 atom stereocenters. The van der Waals surface area contributed by atoms with Crippen molar-refractivity contribution in [3.63, 3.8) is 0 Å². The average Bonchev–Trinajstić information content (AvgIpc) is 3.14. The Hall–Kier alpha value is -3.37. The number of halogens is 2. The predicted octanol–water partition coefficient (Wildman–Crippen LogP) is 3.90. The largest absolute Gasteiger partial charge is 0.465 e. The van der Waals surface area contributed by atoms with Gasteiger partial charge in [0.25, 0.3) is 15.9 Å². The van der Waals surface area contributed by atoms with Crippen LogP contribution in [0.1, 0.15) is 32.2 Å². The summed E-state index contributed by atoms with van der Waals surface area (Å²) in [5.74, 6) is -0.950. The smallest absolute Gasteiger partial charge is 0.341 e. The van der Waals surface area contributed by atoms with Crippen LogP contribution >= 0.6 is 11.6 Å². The van der Waals surface area contributed by atoms with Crippen molar-refractivity contribution in [1.82, 2.24) is 5.32 Å². The van der Waals surface area contributed by atoms with Gasteiger partial charge in [0.1, 0.15) is 22.9 Å². The monoisotopic (exact) mass is 480 g/mol. The second-order valence-electron chi connectivity index (χ2n) is 6.62. The Bertz CT molecular complexity index is 1270. The maximum Gasteiger partial charge on any atom is 0.341 e. The number of rotatable bonds is 7. The van der Waals surface area contributed by atoms with E-state index in [-0.39, 0.29) is 33.3 Å². The van der Waals surface area contributed by atoms with Gasteiger partial charge in [-0.15, -0.1) is 0 Å². The first-order valence-electron chi connectivity index (χ1n) is 9.14. The molecule has 8 nitrogen and oxygen atoms in total. The molecule has 0 aliphatic carbocycles. The molecule has 1 heterocycles. The van der Waals surface area contributed by atoms with Gasteiger partial charge < -0.3 is 14.5 Å². The van der Waals surface area contributed by atoms with E-state index in [0.717, 1.165) is 18.2 Å². The van der Waals surface area contributed by atoms with E-state index in [4.69, 9.17) is 16.0 Å². The van der Waals surface area contributed by atoms with Gasteiger partial charge in [0.2, 0.25) is 0 Å². The van der Waals surface area contributed by atoms with Crippen molar-refractivity contribution in [2.24, 2.45) is 0 Å². The van der Waals surface area contributed by atoms with Crippen LogP contribution < -0.4 is 10.0 Å². The normalized spacial score (nSPS) is 11.1. The maximum absolute atomic E-state index is 13.3. The van der Waals surface area contributed by atoms with Crippen molar-refractivity contribution >= 4 is 39.2 Å². The van der Waals surface area contributed by atoms with Crippen LogP contribution in [-0.4, -0.2) is 27.4 Å². The second-order valence-corrected chi connectivity index (χ2v) is 8.71. The predicted molar refractivity (Wildman–Crippen MR) is 115 cm³/mol. The number of hydrogen-bond acceptors (Lipinski definition) is 6. The molecule has 2 aromatic carbocycles. The number of hydrogen-bond donors (Lipinski definition) is 2. The van der Waals surface area contributed by atoms with Crippen LogP contribution in [0, 0.1) is 12.7 Å². The molecule has 2 N–H and O–H groups in total. The van der Waals surface area contributed by atoms with Crippen LogP contribution in [0.4, 0.5) is 10.1 Å². The summed E-state index contributed by atoms with van der Waals surface area (Å²) < 4.78 is 50.5. The number of ether oxygens (including phenoxy) is 1. The first-order valence-corrected chi connectivity index (χ1v) is 11.0. The highest BCUT2D eigenvalue weighted by Crippen LogP contribution is 2.22. The molecule has 0 bridgehead atoms. The molecule has 0 aliphatic heterocycles. The summed E-state index contributed by atoms with van der Waals surface area (Å²) in [4.78, 5) is 23.8. The molecular formula is C21H18ClFN2O6S. The van der Waals surface area contributed by atoms with Crippen molar-refractivity contribution in [2.45, 2.75) is 18.4 Å². The van der Waals surface area contributed by atoms with E-state index in [1.165, 1.54) is 37.4 Å². The molecule has 0 fully saturated rings. The van der Waals surface area contributed by atoms with Crippen LogP contribution in [0.5, 0.6) is 0 Å². The molecule has 0 saturated heterocycles. The molecule has 32 heavy (non-hydrogen) atoms. The first-order chi connectivity index (χ1) is 15.1. The summed E-state index contributed by atoms with van der Waals surface area (Å²) in [5.41, 5.74) is 0.747. The molecule has 0 spiro atoms. The van der Waals surface area contributed by atoms with E-state index in [0.29, 0.717) is 11.5 Å². The van der Waals surface area contributed by atoms with E-state index < -0.39 is 27.7 Å². The number of benzene rings is 2. The van der Waals surface area contributed by atoms with Gasteiger partial charge in [-0.05, 0) is 55.5 Å². The molecule has 0 unspecified atom stereocenters. The Morgan fingerprint density at radius 2 is 1.81 bits per heavy atom. The Morgan fingerprint density at radius 1 is 1.12 bits per heavy atom. The van der Waals surface area contributed by atoms with Crippen molar-refractivity contribution in [2.75, 3.05) is 11.8 Å². The van der Waals surface area contributed by atoms with Crippen molar-refractivity contribution in [1.29, 1.82) is 0 Å². The Labute approximate surface area is 188 Å². The lowest BCUT2D eigenvalue weighted by Crippen LogP contribution is -2.22. The minimum Gasteiger partial charge on any atom is -0.465 e. The van der Waals surface area contributed by atoms with E-state index in [9.17, 15) is 22.4 Å². The third kappa shape index (κ3) is 5.27. The molecule has 1 aromatic heterocycles. The lowest BCUT2D eigenvalue weighted by atomic mass is 10.2. The highest BCUT2D eigenvalue weighted by Gasteiger charge is 2.18. The molecule has 3 aromatic rings. The number of methoxy groups -OCH3 is 1. The molecule has 0 aliphatic rings. The number of carbonyl (C=O) groups excluding carboxylic acids is 2. The van der Waals surface area contributed by atoms with Gasteiger partial charge in [0, 0.05) is 11.3 Å². The fourth-order valence-electron chi connectivity index (χ4n) is 2.76. The summed E-state index contributed by atoms with van der Waals surface area (Å²) in [7, 11) is -2.74. The topological polar surface area (TPSA) is 115 Å². The molecule has 0 saturated carbocycles. The van der Waals surface area contributed by atoms with Crippen molar-refractivity contribution in [3.8, 4) is 0 Å². The summed E-state index contributed by atoms with van der Waals surface area (Å²) in [5, 5.41) is 2.33. The summed E-state index contributed by atoms with van der Waals surface area (Å²) >= 11 is 5.64. The third-order valence-electron chi connectivity index (χ3n) is 4.40. The SMILES string of the molecule is COC(=O)c1cc(CNC(=O)c2ccc(NS(=O)(=O)c3ccc(F)c(Cl)c3)cc2)oc1C. The van der Waals surface area contributed by atoms with Gasteiger partial charge in [-0.1, -0.05) is 11.6 Å². The number of amides is 1. The zero-order valence-electron chi connectivity index (χ0n) is 16.9.